The molecule has 0 N–H and O–H groups in total. The maximum absolute atomic E-state index is 11.8. The summed E-state index contributed by atoms with van der Waals surface area (Å²) in [6, 6.07) is 6.18. The van der Waals surface area contributed by atoms with Crippen LogP contribution in [0.15, 0.2) is 40.5 Å². The van der Waals surface area contributed by atoms with Gasteiger partial charge in [-0.2, -0.15) is 0 Å². The largest absolute Gasteiger partial charge is 0.463 e. The molecule has 1 aromatic heterocycles. The predicted octanol–water partition coefficient (Wildman–Crippen LogP) is 5.61. The lowest BCUT2D eigenvalue weighted by Gasteiger charge is -2.07. The monoisotopic (exact) mass is 396 g/mol. The molecule has 0 saturated carbocycles. The highest BCUT2D eigenvalue weighted by Gasteiger charge is 2.08. The second-order valence-electron chi connectivity index (χ2n) is 5.62. The van der Waals surface area contributed by atoms with Crippen molar-refractivity contribution >= 4 is 50.8 Å². The van der Waals surface area contributed by atoms with Crippen LogP contribution in [0.2, 0.25) is 5.02 Å². The molecule has 0 unspecified atom stereocenters. The molecule has 134 valence electrons. The molecule has 0 bridgehead atoms. The summed E-state index contributed by atoms with van der Waals surface area (Å²) in [7, 11) is 0. The van der Waals surface area contributed by atoms with E-state index in [0.29, 0.717) is 11.6 Å². The van der Waals surface area contributed by atoms with E-state index in [1.54, 1.807) is 0 Å². The fourth-order valence-electron chi connectivity index (χ4n) is 2.38. The second-order valence-corrected chi connectivity index (χ2v) is 8.18. The van der Waals surface area contributed by atoms with Gasteiger partial charge in [-0.25, -0.2) is 4.79 Å². The number of carbonyl (C=O) groups is 1. The zero-order chi connectivity index (χ0) is 18.2. The smallest absolute Gasteiger partial charge is 0.330 e. The number of benzene rings is 1. The van der Waals surface area contributed by atoms with Gasteiger partial charge in [0.1, 0.15) is 5.02 Å². The summed E-state index contributed by atoms with van der Waals surface area (Å²) in [5.41, 5.74) is 0.858. The van der Waals surface area contributed by atoms with E-state index in [1.165, 1.54) is 22.3 Å². The zero-order valence-electron chi connectivity index (χ0n) is 14.2. The Hall–Kier alpha value is -1.30. The van der Waals surface area contributed by atoms with Crippen LogP contribution < -0.4 is 4.74 Å². The van der Waals surface area contributed by atoms with E-state index in [0.717, 1.165) is 47.1 Å². The molecule has 0 spiro atoms. The van der Waals surface area contributed by atoms with Crippen molar-refractivity contribution in [1.82, 2.24) is 0 Å². The van der Waals surface area contributed by atoms with Gasteiger partial charge in [-0.05, 0) is 54.7 Å². The summed E-state index contributed by atoms with van der Waals surface area (Å²) < 4.78 is 5.84. The Morgan fingerprint density at radius 1 is 1.32 bits per heavy atom. The van der Waals surface area contributed by atoms with Crippen molar-refractivity contribution in [3.05, 3.63) is 51.0 Å². The first-order chi connectivity index (χ1) is 12.0. The van der Waals surface area contributed by atoms with E-state index in [9.17, 15) is 9.59 Å². The first kappa shape index (κ1) is 20.0. The van der Waals surface area contributed by atoms with E-state index in [1.807, 2.05) is 24.8 Å². The lowest BCUT2D eigenvalue weighted by molar-refractivity contribution is -0.137. The number of rotatable bonds is 9. The van der Waals surface area contributed by atoms with Crippen LogP contribution in [0.5, 0.6) is 0 Å². The minimum atomic E-state index is -0.354. The fourth-order valence-corrected chi connectivity index (χ4v) is 4.44. The Kier molecular flexibility index (Phi) is 8.00. The SMILES string of the molecule is C=CC(=O)OCCCCCCSc1ccc2sc(=O)c(Cl)c(C)c2c1. The summed E-state index contributed by atoms with van der Waals surface area (Å²) in [5.74, 6) is 0.681. The molecule has 2 aromatic rings. The normalized spacial score (nSPS) is 10.8. The maximum Gasteiger partial charge on any atom is 0.330 e. The van der Waals surface area contributed by atoms with Crippen molar-refractivity contribution in [3.8, 4) is 0 Å². The first-order valence-electron chi connectivity index (χ1n) is 8.18. The lowest BCUT2D eigenvalue weighted by Crippen LogP contribution is -2.01. The standard InChI is InChI=1S/C19H21ClO3S2/c1-3-17(21)23-10-6-4-5-7-11-24-14-8-9-16-15(12-14)13(2)18(20)19(22)25-16/h3,8-9,12H,1,4-7,10-11H2,2H3. The molecule has 25 heavy (non-hydrogen) atoms. The summed E-state index contributed by atoms with van der Waals surface area (Å²) in [4.78, 5) is 23.8. The van der Waals surface area contributed by atoms with E-state index in [4.69, 9.17) is 16.3 Å². The quantitative estimate of drug-likeness (QED) is 0.239. The number of esters is 1. The number of ether oxygens (including phenoxy) is 1. The molecule has 0 aliphatic heterocycles. The highest BCUT2D eigenvalue weighted by Crippen LogP contribution is 2.30. The van der Waals surface area contributed by atoms with Gasteiger partial charge in [0.2, 0.25) is 0 Å². The molecular formula is C19H21ClO3S2. The third-order valence-corrected chi connectivity index (χ3v) is 6.40. The highest BCUT2D eigenvalue weighted by molar-refractivity contribution is 7.99. The Labute approximate surface area is 161 Å². The Morgan fingerprint density at radius 2 is 2.08 bits per heavy atom. The van der Waals surface area contributed by atoms with Gasteiger partial charge in [0.15, 0.2) is 0 Å². The van der Waals surface area contributed by atoms with Gasteiger partial charge < -0.3 is 4.74 Å². The van der Waals surface area contributed by atoms with Crippen LogP contribution in [0.4, 0.5) is 0 Å². The Balaban J connectivity index is 1.77. The van der Waals surface area contributed by atoms with Gasteiger partial charge >= 0.3 is 5.97 Å². The Morgan fingerprint density at radius 3 is 2.84 bits per heavy atom. The molecular weight excluding hydrogens is 376 g/mol. The number of hydrogen-bond donors (Lipinski definition) is 0. The van der Waals surface area contributed by atoms with Crippen LogP contribution in [-0.2, 0) is 9.53 Å². The highest BCUT2D eigenvalue weighted by atomic mass is 35.5. The lowest BCUT2D eigenvalue weighted by atomic mass is 10.2. The third-order valence-electron chi connectivity index (χ3n) is 3.78. The number of hydrogen-bond acceptors (Lipinski definition) is 5. The van der Waals surface area contributed by atoms with Crippen LogP contribution in [0.25, 0.3) is 10.1 Å². The van der Waals surface area contributed by atoms with Crippen molar-refractivity contribution < 1.29 is 9.53 Å². The number of unbranched alkanes of at least 4 members (excludes halogenated alkanes) is 3. The zero-order valence-corrected chi connectivity index (χ0v) is 16.6. The van der Waals surface area contributed by atoms with E-state index in [2.05, 4.69) is 18.7 Å². The van der Waals surface area contributed by atoms with Gasteiger partial charge in [-0.15, -0.1) is 11.8 Å². The number of fused-ring (bicyclic) bond motifs is 1. The average Bonchev–Trinajstić information content (AvgIpc) is 2.62. The molecule has 0 aliphatic rings. The van der Waals surface area contributed by atoms with Crippen LogP contribution in [0, 0.1) is 6.92 Å². The van der Waals surface area contributed by atoms with Crippen molar-refractivity contribution in [2.45, 2.75) is 37.5 Å². The van der Waals surface area contributed by atoms with Crippen LogP contribution in [0.3, 0.4) is 0 Å². The summed E-state index contributed by atoms with van der Waals surface area (Å²) >= 11 is 9.09. The van der Waals surface area contributed by atoms with Gasteiger partial charge in [0.05, 0.1) is 6.61 Å². The maximum atomic E-state index is 11.8. The topological polar surface area (TPSA) is 43.4 Å². The van der Waals surface area contributed by atoms with Gasteiger partial charge in [-0.1, -0.05) is 42.4 Å². The van der Waals surface area contributed by atoms with Crippen molar-refractivity contribution in [2.24, 2.45) is 0 Å². The van der Waals surface area contributed by atoms with Crippen molar-refractivity contribution in [1.29, 1.82) is 0 Å². The van der Waals surface area contributed by atoms with E-state index >= 15 is 0 Å². The summed E-state index contributed by atoms with van der Waals surface area (Å²) in [6.07, 6.45) is 5.34. The minimum Gasteiger partial charge on any atom is -0.463 e. The molecule has 1 heterocycles. The van der Waals surface area contributed by atoms with Crippen LogP contribution in [0.1, 0.15) is 31.2 Å². The molecule has 0 saturated heterocycles. The van der Waals surface area contributed by atoms with Gasteiger partial charge in [0, 0.05) is 15.7 Å². The molecule has 0 aliphatic carbocycles. The average molecular weight is 397 g/mol. The summed E-state index contributed by atoms with van der Waals surface area (Å²) in [5, 5.41) is 1.39. The second kappa shape index (κ2) is 10.00. The number of halogens is 1. The molecule has 3 nitrogen and oxygen atoms in total. The van der Waals surface area contributed by atoms with Crippen molar-refractivity contribution in [2.75, 3.05) is 12.4 Å². The molecule has 1 aromatic carbocycles. The molecule has 2 rings (SSSR count). The third kappa shape index (κ3) is 5.87. The van der Waals surface area contributed by atoms with Crippen molar-refractivity contribution in [3.63, 3.8) is 0 Å². The van der Waals surface area contributed by atoms with Gasteiger partial charge in [0.25, 0.3) is 4.74 Å². The first-order valence-corrected chi connectivity index (χ1v) is 10.4. The number of carbonyl (C=O) groups excluding carboxylic acids is 1. The van der Waals surface area contributed by atoms with E-state index < -0.39 is 0 Å². The number of aryl methyl sites for hydroxylation is 1. The molecule has 0 atom stereocenters. The molecule has 0 amide bonds. The molecule has 6 heteroatoms. The fraction of sp³-hybridized carbons (Fsp3) is 0.368. The van der Waals surface area contributed by atoms with Crippen LogP contribution >= 0.6 is 34.7 Å². The molecule has 0 radical (unpaired) electrons. The molecule has 0 fully saturated rings. The summed E-state index contributed by atoms with van der Waals surface area (Å²) in [6.45, 7) is 5.72. The van der Waals surface area contributed by atoms with Gasteiger partial charge in [-0.3, -0.25) is 4.79 Å². The number of thioether (sulfide) groups is 1. The Bertz CT molecular complexity index is 814. The minimum absolute atomic E-state index is 0.0779. The van der Waals surface area contributed by atoms with E-state index in [-0.39, 0.29) is 10.7 Å². The van der Waals surface area contributed by atoms with Crippen LogP contribution in [-0.4, -0.2) is 18.3 Å². The predicted molar refractivity (Wildman–Crippen MR) is 108 cm³/mol.